The van der Waals surface area contributed by atoms with E-state index in [-0.39, 0.29) is 0 Å². The molecule has 2 aromatic rings. The minimum atomic E-state index is -0.479. The molecule has 1 N–H and O–H groups in total. The first-order chi connectivity index (χ1) is 7.72. The Hall–Kier alpha value is -0.650. The van der Waals surface area contributed by atoms with Crippen LogP contribution in [0.3, 0.4) is 0 Å². The van der Waals surface area contributed by atoms with Crippen LogP contribution in [0.15, 0.2) is 27.6 Å². The molecule has 2 rings (SSSR count). The predicted molar refractivity (Wildman–Crippen MR) is 68.6 cm³/mol. The molecule has 16 heavy (non-hydrogen) atoms. The molecular formula is C11H13BrN2OS. The maximum Gasteiger partial charge on any atom is 0.137 e. The Bertz CT molecular complexity index is 466. The average molecular weight is 301 g/mol. The van der Waals surface area contributed by atoms with E-state index in [1.54, 1.807) is 17.5 Å². The number of thiophene rings is 1. The minimum absolute atomic E-state index is 0.479. The summed E-state index contributed by atoms with van der Waals surface area (Å²) in [5.74, 6) is 0.737. The number of nitrogens with zero attached hydrogens (tertiary/aromatic N) is 2. The van der Waals surface area contributed by atoms with Gasteiger partial charge in [-0.3, -0.25) is 0 Å². The van der Waals surface area contributed by atoms with Gasteiger partial charge in [0.25, 0.3) is 0 Å². The molecule has 0 unspecified atom stereocenters. The summed E-state index contributed by atoms with van der Waals surface area (Å²) >= 11 is 5.17. The molecule has 0 bridgehead atoms. The van der Waals surface area contributed by atoms with Crippen molar-refractivity contribution in [3.05, 3.63) is 39.0 Å². The van der Waals surface area contributed by atoms with Gasteiger partial charge in [0.15, 0.2) is 0 Å². The highest BCUT2D eigenvalue weighted by molar-refractivity contribution is 9.10. The third-order valence-corrected chi connectivity index (χ3v) is 4.30. The van der Waals surface area contributed by atoms with E-state index < -0.39 is 6.10 Å². The fraction of sp³-hybridized carbons (Fsp3) is 0.364. The molecule has 0 aliphatic carbocycles. The zero-order chi connectivity index (χ0) is 11.5. The van der Waals surface area contributed by atoms with Gasteiger partial charge in [0.05, 0.1) is 6.54 Å². The topological polar surface area (TPSA) is 38.1 Å². The van der Waals surface area contributed by atoms with Crippen LogP contribution in [0.25, 0.3) is 0 Å². The van der Waals surface area contributed by atoms with Crippen LogP contribution in [0.4, 0.5) is 0 Å². The van der Waals surface area contributed by atoms with Gasteiger partial charge in [0, 0.05) is 22.2 Å². The first-order valence-electron chi connectivity index (χ1n) is 5.12. The third kappa shape index (κ3) is 2.36. The van der Waals surface area contributed by atoms with E-state index in [9.17, 15) is 5.11 Å². The fourth-order valence-electron chi connectivity index (χ4n) is 1.54. The summed E-state index contributed by atoms with van der Waals surface area (Å²) in [6.45, 7) is 2.70. The lowest BCUT2D eigenvalue weighted by atomic mass is 10.2. The van der Waals surface area contributed by atoms with Crippen molar-refractivity contribution in [2.75, 3.05) is 0 Å². The SMILES string of the molecule is CC[C@H](O)c1nccn1Cc1cscc1Br. The summed E-state index contributed by atoms with van der Waals surface area (Å²) in [7, 11) is 0. The maximum absolute atomic E-state index is 9.80. The molecule has 86 valence electrons. The van der Waals surface area contributed by atoms with Crippen molar-refractivity contribution in [1.82, 2.24) is 9.55 Å². The number of imidazole rings is 1. The molecule has 0 saturated carbocycles. The van der Waals surface area contributed by atoms with Crippen molar-refractivity contribution in [3.8, 4) is 0 Å². The Morgan fingerprint density at radius 2 is 2.38 bits per heavy atom. The van der Waals surface area contributed by atoms with Gasteiger partial charge >= 0.3 is 0 Å². The van der Waals surface area contributed by atoms with Crippen LogP contribution in [0.2, 0.25) is 0 Å². The highest BCUT2D eigenvalue weighted by atomic mass is 79.9. The molecule has 0 aliphatic heterocycles. The fourth-order valence-corrected chi connectivity index (χ4v) is 2.96. The van der Waals surface area contributed by atoms with Crippen LogP contribution < -0.4 is 0 Å². The van der Waals surface area contributed by atoms with Gasteiger partial charge in [-0.15, -0.1) is 0 Å². The number of hydrogen-bond donors (Lipinski definition) is 1. The second-order valence-electron chi connectivity index (χ2n) is 3.58. The number of aromatic nitrogens is 2. The van der Waals surface area contributed by atoms with Crippen molar-refractivity contribution in [2.45, 2.75) is 26.0 Å². The van der Waals surface area contributed by atoms with Gasteiger partial charge in [-0.1, -0.05) is 6.92 Å². The standard InChI is InChI=1S/C11H13BrN2OS/c1-2-10(15)11-13-3-4-14(11)5-8-6-16-7-9(8)12/h3-4,6-7,10,15H,2,5H2,1H3/t10-/m0/s1. The van der Waals surface area contributed by atoms with E-state index in [4.69, 9.17) is 0 Å². The first-order valence-corrected chi connectivity index (χ1v) is 6.85. The van der Waals surface area contributed by atoms with Crippen LogP contribution in [0.5, 0.6) is 0 Å². The zero-order valence-corrected chi connectivity index (χ0v) is 11.3. The Morgan fingerprint density at radius 3 is 3.00 bits per heavy atom. The summed E-state index contributed by atoms with van der Waals surface area (Å²) in [6, 6.07) is 0. The highest BCUT2D eigenvalue weighted by Gasteiger charge is 2.12. The lowest BCUT2D eigenvalue weighted by molar-refractivity contribution is 0.159. The number of hydrogen-bond acceptors (Lipinski definition) is 3. The Kier molecular flexibility index (Phi) is 3.78. The third-order valence-electron chi connectivity index (χ3n) is 2.46. The van der Waals surface area contributed by atoms with E-state index in [0.29, 0.717) is 6.42 Å². The van der Waals surface area contributed by atoms with Crippen molar-refractivity contribution in [2.24, 2.45) is 0 Å². The predicted octanol–water partition coefficient (Wildman–Crippen LogP) is 3.20. The number of halogens is 1. The van der Waals surface area contributed by atoms with E-state index in [0.717, 1.165) is 16.8 Å². The van der Waals surface area contributed by atoms with Crippen LogP contribution in [0.1, 0.15) is 30.8 Å². The maximum atomic E-state index is 9.80. The summed E-state index contributed by atoms with van der Waals surface area (Å²) in [5.41, 5.74) is 1.22. The number of aliphatic hydroxyl groups excluding tert-OH is 1. The summed E-state index contributed by atoms with van der Waals surface area (Å²) < 4.78 is 3.10. The van der Waals surface area contributed by atoms with Crippen LogP contribution >= 0.6 is 27.3 Å². The second kappa shape index (κ2) is 5.12. The monoisotopic (exact) mass is 300 g/mol. The van der Waals surface area contributed by atoms with Gasteiger partial charge in [-0.2, -0.15) is 11.3 Å². The summed E-state index contributed by atoms with van der Waals surface area (Å²) in [6.07, 6.45) is 3.83. The van der Waals surface area contributed by atoms with E-state index in [1.807, 2.05) is 17.7 Å². The molecule has 0 saturated heterocycles. The van der Waals surface area contributed by atoms with E-state index >= 15 is 0 Å². The molecule has 5 heteroatoms. The molecule has 3 nitrogen and oxygen atoms in total. The molecule has 2 heterocycles. The van der Waals surface area contributed by atoms with Gasteiger partial charge in [-0.05, 0) is 33.3 Å². The Morgan fingerprint density at radius 1 is 1.56 bits per heavy atom. The number of aliphatic hydroxyl groups is 1. The first kappa shape index (κ1) is 11.8. The van der Waals surface area contributed by atoms with Crippen LogP contribution in [0, 0.1) is 0 Å². The van der Waals surface area contributed by atoms with E-state index in [1.165, 1.54) is 5.56 Å². The molecule has 0 fully saturated rings. The Labute approximate surface area is 107 Å². The molecule has 0 radical (unpaired) electrons. The van der Waals surface area contributed by atoms with Crippen molar-refractivity contribution >= 4 is 27.3 Å². The molecule has 0 amide bonds. The smallest absolute Gasteiger partial charge is 0.137 e. The van der Waals surface area contributed by atoms with Gasteiger partial charge < -0.3 is 9.67 Å². The molecule has 0 aromatic carbocycles. The quantitative estimate of drug-likeness (QED) is 0.941. The van der Waals surface area contributed by atoms with E-state index in [2.05, 4.69) is 31.7 Å². The van der Waals surface area contributed by atoms with Crippen LogP contribution in [-0.4, -0.2) is 14.7 Å². The minimum Gasteiger partial charge on any atom is -0.385 e. The van der Waals surface area contributed by atoms with Crippen molar-refractivity contribution in [3.63, 3.8) is 0 Å². The molecule has 0 aliphatic rings. The van der Waals surface area contributed by atoms with Gasteiger partial charge in [0.1, 0.15) is 11.9 Å². The zero-order valence-electron chi connectivity index (χ0n) is 8.93. The largest absolute Gasteiger partial charge is 0.385 e. The van der Waals surface area contributed by atoms with Crippen LogP contribution in [-0.2, 0) is 6.54 Å². The van der Waals surface area contributed by atoms with Gasteiger partial charge in [-0.25, -0.2) is 4.98 Å². The Balaban J connectivity index is 2.22. The molecular weight excluding hydrogens is 288 g/mol. The van der Waals surface area contributed by atoms with Gasteiger partial charge in [0.2, 0.25) is 0 Å². The summed E-state index contributed by atoms with van der Waals surface area (Å²) in [4.78, 5) is 4.20. The van der Waals surface area contributed by atoms with Crippen molar-refractivity contribution < 1.29 is 5.11 Å². The lowest BCUT2D eigenvalue weighted by Crippen LogP contribution is -2.08. The number of rotatable bonds is 4. The highest BCUT2D eigenvalue weighted by Crippen LogP contribution is 2.23. The molecule has 0 spiro atoms. The second-order valence-corrected chi connectivity index (χ2v) is 5.18. The normalized spacial score (nSPS) is 12.9. The lowest BCUT2D eigenvalue weighted by Gasteiger charge is -2.11. The molecule has 1 atom stereocenters. The van der Waals surface area contributed by atoms with Crippen molar-refractivity contribution in [1.29, 1.82) is 0 Å². The molecule has 2 aromatic heterocycles. The average Bonchev–Trinajstić information content (AvgIpc) is 2.88. The summed E-state index contributed by atoms with van der Waals surface area (Å²) in [5, 5.41) is 14.0.